The van der Waals surface area contributed by atoms with Gasteiger partial charge in [-0.3, -0.25) is 15.0 Å². The summed E-state index contributed by atoms with van der Waals surface area (Å²) in [7, 11) is 1.58. The summed E-state index contributed by atoms with van der Waals surface area (Å²) < 4.78 is 18.9. The van der Waals surface area contributed by atoms with E-state index in [2.05, 4.69) is 17.1 Å². The van der Waals surface area contributed by atoms with Gasteiger partial charge >= 0.3 is 5.97 Å². The van der Waals surface area contributed by atoms with Crippen molar-refractivity contribution < 1.29 is 23.5 Å². The lowest BCUT2D eigenvalue weighted by atomic mass is 10.0. The summed E-state index contributed by atoms with van der Waals surface area (Å²) in [4.78, 5) is 41.0. The summed E-state index contributed by atoms with van der Waals surface area (Å²) >= 11 is 5.82. The number of anilines is 1. The highest BCUT2D eigenvalue weighted by Crippen LogP contribution is 2.33. The molecule has 0 bridgehead atoms. The van der Waals surface area contributed by atoms with Crippen LogP contribution >= 0.6 is 11.6 Å². The third kappa shape index (κ3) is 4.94. The number of nitrogens with one attached hydrogen (secondary N) is 1. The maximum absolute atomic E-state index is 14.2. The van der Waals surface area contributed by atoms with Crippen LogP contribution in [-0.2, 0) is 14.3 Å². The number of hydrogen-bond donors (Lipinski definition) is 1. The Kier molecular flexibility index (Phi) is 7.68. The normalized spacial score (nSPS) is 18.1. The average Bonchev–Trinajstić information content (AvgIpc) is 3.06. The van der Waals surface area contributed by atoms with Gasteiger partial charge in [0, 0.05) is 7.05 Å². The number of carbonyl (C=O) groups is 3. The molecule has 34 heavy (non-hydrogen) atoms. The van der Waals surface area contributed by atoms with Gasteiger partial charge in [-0.2, -0.15) is 5.10 Å². The Morgan fingerprint density at radius 3 is 2.56 bits per heavy atom. The van der Waals surface area contributed by atoms with Crippen LogP contribution in [0.5, 0.6) is 0 Å². The first-order valence-electron chi connectivity index (χ1n) is 10.5. The predicted molar refractivity (Wildman–Crippen MR) is 128 cm³/mol. The summed E-state index contributed by atoms with van der Waals surface area (Å²) in [6.45, 7) is 7.43. The molecule has 1 aliphatic heterocycles. The van der Waals surface area contributed by atoms with Gasteiger partial charge in [0.05, 0.1) is 17.9 Å². The lowest BCUT2D eigenvalue weighted by molar-refractivity contribution is -0.134. The molecular formula is C24H24ClFN4O4. The molecule has 2 atom stereocenters. The monoisotopic (exact) mass is 486 g/mol. The minimum Gasteiger partial charge on any atom is -0.461 e. The van der Waals surface area contributed by atoms with Gasteiger partial charge in [0.2, 0.25) is 11.1 Å². The predicted octanol–water partition coefficient (Wildman–Crippen LogP) is 3.70. The van der Waals surface area contributed by atoms with E-state index in [1.807, 2.05) is 30.3 Å². The molecule has 10 heteroatoms. The fourth-order valence-corrected chi connectivity index (χ4v) is 3.79. The molecule has 3 rings (SSSR count). The van der Waals surface area contributed by atoms with Crippen molar-refractivity contribution in [3.8, 4) is 0 Å². The summed E-state index contributed by atoms with van der Waals surface area (Å²) in [5.41, 5.74) is 3.79. The van der Waals surface area contributed by atoms with Crippen molar-refractivity contribution in [2.75, 3.05) is 19.1 Å². The van der Waals surface area contributed by atoms with E-state index < -0.39 is 35.1 Å². The fourth-order valence-electron chi connectivity index (χ4n) is 3.70. The topological polar surface area (TPSA) is 91.3 Å². The van der Waals surface area contributed by atoms with Crippen LogP contribution in [0.3, 0.4) is 0 Å². The van der Waals surface area contributed by atoms with Crippen molar-refractivity contribution in [2.24, 2.45) is 5.10 Å². The highest BCUT2D eigenvalue weighted by Gasteiger charge is 2.46. The number of halogens is 2. The minimum atomic E-state index is -0.855. The van der Waals surface area contributed by atoms with Gasteiger partial charge < -0.3 is 14.5 Å². The van der Waals surface area contributed by atoms with E-state index in [9.17, 15) is 18.8 Å². The molecule has 0 aromatic heterocycles. The van der Waals surface area contributed by atoms with E-state index in [4.69, 9.17) is 16.3 Å². The van der Waals surface area contributed by atoms with Gasteiger partial charge in [-0.25, -0.2) is 9.18 Å². The van der Waals surface area contributed by atoms with Crippen molar-refractivity contribution in [1.29, 1.82) is 0 Å². The highest BCUT2D eigenvalue weighted by molar-refractivity contribution is 6.82. The Morgan fingerprint density at radius 2 is 1.91 bits per heavy atom. The summed E-state index contributed by atoms with van der Waals surface area (Å²) in [5.74, 6) is -2.44. The third-order valence-electron chi connectivity index (χ3n) is 5.37. The maximum atomic E-state index is 14.2. The Morgan fingerprint density at radius 1 is 1.24 bits per heavy atom. The maximum Gasteiger partial charge on any atom is 0.370 e. The van der Waals surface area contributed by atoms with Gasteiger partial charge in [0.15, 0.2) is 0 Å². The van der Waals surface area contributed by atoms with Crippen LogP contribution in [0.2, 0.25) is 0 Å². The molecular weight excluding hydrogens is 463 g/mol. The van der Waals surface area contributed by atoms with Crippen LogP contribution in [0.15, 0.2) is 60.2 Å². The smallest absolute Gasteiger partial charge is 0.370 e. The molecule has 0 spiro atoms. The number of esters is 1. The van der Waals surface area contributed by atoms with Crippen LogP contribution in [0, 0.1) is 5.82 Å². The molecule has 2 amide bonds. The minimum absolute atomic E-state index is 0.0899. The number of likely N-dealkylation sites (N-methyl/N-ethyl adjacent to an activating group) is 1. The molecule has 1 saturated heterocycles. The summed E-state index contributed by atoms with van der Waals surface area (Å²) in [5, 5.41) is 3.24. The summed E-state index contributed by atoms with van der Waals surface area (Å²) in [6.07, 6.45) is -0.792. The van der Waals surface area contributed by atoms with E-state index in [0.29, 0.717) is 5.57 Å². The highest BCUT2D eigenvalue weighted by atomic mass is 35.5. The first-order valence-corrected chi connectivity index (χ1v) is 10.8. The molecule has 1 N–H and O–H groups in total. The standard InChI is InChI=1S/C24H24ClFN4O4/c1-5-34-24(33)20(25)28-27-19-12-11-17(26)13-18(19)23(32)30-15(3)22(31)29(4)21(30)14(2)16-9-7-6-8-10-16/h6-13,15,21,27H,2,5H2,1,3-4H3/b28-20-/t15-,21+/m0/s1. The number of carbonyl (C=O) groups excluding carboxylic acids is 3. The van der Waals surface area contributed by atoms with Crippen LogP contribution in [-0.4, -0.2) is 58.6 Å². The van der Waals surface area contributed by atoms with E-state index in [0.717, 1.165) is 17.7 Å². The van der Waals surface area contributed by atoms with E-state index in [1.54, 1.807) is 20.9 Å². The number of hydrogen-bond acceptors (Lipinski definition) is 6. The van der Waals surface area contributed by atoms with Crippen molar-refractivity contribution in [3.63, 3.8) is 0 Å². The molecule has 1 heterocycles. The van der Waals surface area contributed by atoms with Gasteiger partial charge in [-0.15, -0.1) is 0 Å². The molecule has 0 radical (unpaired) electrons. The van der Waals surface area contributed by atoms with Crippen LogP contribution in [0.25, 0.3) is 5.57 Å². The molecule has 2 aromatic carbocycles. The van der Waals surface area contributed by atoms with Gasteiger partial charge in [0.25, 0.3) is 5.91 Å². The zero-order valence-electron chi connectivity index (χ0n) is 18.9. The number of benzene rings is 2. The van der Waals surface area contributed by atoms with Crippen LogP contribution < -0.4 is 5.43 Å². The SMILES string of the molecule is C=C(c1ccccc1)[C@@H]1N(C)C(=O)[C@H](C)N1C(=O)c1cc(F)ccc1N/N=C(\Cl)C(=O)OCC. The van der Waals surface area contributed by atoms with E-state index in [-0.39, 0.29) is 23.8 Å². The molecule has 0 unspecified atom stereocenters. The lowest BCUT2D eigenvalue weighted by Gasteiger charge is -2.31. The van der Waals surface area contributed by atoms with Crippen LogP contribution in [0.1, 0.15) is 29.8 Å². The van der Waals surface area contributed by atoms with Crippen molar-refractivity contribution in [1.82, 2.24) is 9.80 Å². The van der Waals surface area contributed by atoms with Gasteiger partial charge in [0.1, 0.15) is 18.0 Å². The van der Waals surface area contributed by atoms with Gasteiger partial charge in [-0.1, -0.05) is 48.5 Å². The Bertz CT molecular complexity index is 1150. The largest absolute Gasteiger partial charge is 0.461 e. The Balaban J connectivity index is 1.99. The Hall–Kier alpha value is -3.72. The Labute approximate surface area is 201 Å². The van der Waals surface area contributed by atoms with Crippen LogP contribution in [0.4, 0.5) is 10.1 Å². The second kappa shape index (κ2) is 10.5. The summed E-state index contributed by atoms with van der Waals surface area (Å²) in [6, 6.07) is 11.8. The second-order valence-corrected chi connectivity index (χ2v) is 7.89. The fraction of sp³-hybridized carbons (Fsp3) is 0.250. The quantitative estimate of drug-likeness (QED) is 0.366. The van der Waals surface area contributed by atoms with Crippen molar-refractivity contribution in [3.05, 3.63) is 72.1 Å². The van der Waals surface area contributed by atoms with Crippen molar-refractivity contribution in [2.45, 2.75) is 26.1 Å². The lowest BCUT2D eigenvalue weighted by Crippen LogP contribution is -2.44. The average molecular weight is 487 g/mol. The molecule has 178 valence electrons. The second-order valence-electron chi connectivity index (χ2n) is 7.53. The number of hydrazone groups is 1. The van der Waals surface area contributed by atoms with Gasteiger partial charge in [-0.05, 0) is 43.2 Å². The molecule has 1 fully saturated rings. The third-order valence-corrected chi connectivity index (χ3v) is 5.61. The number of ether oxygens (including phenoxy) is 1. The van der Waals surface area contributed by atoms with E-state index in [1.165, 1.54) is 15.9 Å². The number of rotatable bonds is 7. The molecule has 0 aliphatic carbocycles. The molecule has 1 aliphatic rings. The van der Waals surface area contributed by atoms with Crippen molar-refractivity contribution >= 4 is 45.8 Å². The molecule has 0 saturated carbocycles. The first-order chi connectivity index (χ1) is 16.2. The number of amides is 2. The molecule has 8 nitrogen and oxygen atoms in total. The number of nitrogens with zero attached hydrogens (tertiary/aromatic N) is 3. The first kappa shape index (κ1) is 24.9. The zero-order valence-corrected chi connectivity index (χ0v) is 19.7. The zero-order chi connectivity index (χ0) is 25.0. The van der Waals surface area contributed by atoms with E-state index >= 15 is 0 Å². The molecule has 2 aromatic rings.